The molecular formula is C19H19N3O3. The van der Waals surface area contributed by atoms with Crippen molar-refractivity contribution in [2.24, 2.45) is 0 Å². The number of hydrogen-bond acceptors (Lipinski definition) is 4. The molecule has 0 saturated carbocycles. The number of carbonyl (C=O) groups excluding carboxylic acids is 3. The zero-order valence-electron chi connectivity index (χ0n) is 13.9. The number of nitrogens with two attached hydrogens (primary N) is 1. The third kappa shape index (κ3) is 2.98. The van der Waals surface area contributed by atoms with Gasteiger partial charge in [-0.05, 0) is 31.2 Å². The van der Waals surface area contributed by atoms with Crippen LogP contribution in [0.3, 0.4) is 0 Å². The average molecular weight is 337 g/mol. The maximum absolute atomic E-state index is 12.6. The topological polar surface area (TPSA) is 83.7 Å². The standard InChI is InChI=1S/C19H19N3O3/c1-2-21(17(23)15-9-5-6-10-16(15)20)11-12-22-18(24)13-7-3-4-8-14(13)19(22)25/h3-10H,2,11-12,20H2,1H3. The van der Waals surface area contributed by atoms with Gasteiger partial charge in [-0.2, -0.15) is 0 Å². The van der Waals surface area contributed by atoms with E-state index in [9.17, 15) is 14.4 Å². The van der Waals surface area contributed by atoms with E-state index >= 15 is 0 Å². The van der Waals surface area contributed by atoms with Crippen molar-refractivity contribution in [2.75, 3.05) is 25.4 Å². The Labute approximate surface area is 145 Å². The maximum atomic E-state index is 12.6. The number of imide groups is 1. The van der Waals surface area contributed by atoms with Crippen molar-refractivity contribution in [1.82, 2.24) is 9.80 Å². The molecule has 2 aromatic rings. The minimum absolute atomic E-state index is 0.151. The summed E-state index contributed by atoms with van der Waals surface area (Å²) < 4.78 is 0. The van der Waals surface area contributed by atoms with Crippen molar-refractivity contribution in [3.8, 4) is 0 Å². The van der Waals surface area contributed by atoms with E-state index in [1.165, 1.54) is 4.90 Å². The van der Waals surface area contributed by atoms with Gasteiger partial charge in [0.05, 0.1) is 16.7 Å². The van der Waals surface area contributed by atoms with Gasteiger partial charge in [0.2, 0.25) is 0 Å². The SMILES string of the molecule is CCN(CCN1C(=O)c2ccccc2C1=O)C(=O)c1ccccc1N. The lowest BCUT2D eigenvalue weighted by Crippen LogP contribution is -2.41. The molecule has 128 valence electrons. The van der Waals surface area contributed by atoms with Crippen molar-refractivity contribution in [2.45, 2.75) is 6.92 Å². The van der Waals surface area contributed by atoms with Gasteiger partial charge in [0.1, 0.15) is 0 Å². The molecular weight excluding hydrogens is 318 g/mol. The van der Waals surface area contributed by atoms with Crippen LogP contribution < -0.4 is 5.73 Å². The summed E-state index contributed by atoms with van der Waals surface area (Å²) in [5.41, 5.74) is 7.52. The van der Waals surface area contributed by atoms with Crippen LogP contribution in [0.15, 0.2) is 48.5 Å². The van der Waals surface area contributed by atoms with E-state index in [0.29, 0.717) is 28.9 Å². The third-order valence-electron chi connectivity index (χ3n) is 4.33. The van der Waals surface area contributed by atoms with Crippen molar-refractivity contribution in [3.63, 3.8) is 0 Å². The quantitative estimate of drug-likeness (QED) is 0.668. The molecule has 2 aromatic carbocycles. The molecule has 0 spiro atoms. The van der Waals surface area contributed by atoms with E-state index < -0.39 is 0 Å². The lowest BCUT2D eigenvalue weighted by atomic mass is 10.1. The Morgan fingerprint density at radius 3 is 2.12 bits per heavy atom. The molecule has 0 aliphatic carbocycles. The van der Waals surface area contributed by atoms with E-state index in [2.05, 4.69) is 0 Å². The Balaban J connectivity index is 1.72. The van der Waals surface area contributed by atoms with E-state index in [4.69, 9.17) is 5.73 Å². The van der Waals surface area contributed by atoms with Crippen LogP contribution in [0.5, 0.6) is 0 Å². The first-order valence-corrected chi connectivity index (χ1v) is 8.13. The van der Waals surface area contributed by atoms with Crippen molar-refractivity contribution in [3.05, 3.63) is 65.2 Å². The Morgan fingerprint density at radius 1 is 1.00 bits per heavy atom. The minimum Gasteiger partial charge on any atom is -0.398 e. The number of nitrogens with zero attached hydrogens (tertiary/aromatic N) is 2. The van der Waals surface area contributed by atoms with Crippen LogP contribution in [0.25, 0.3) is 0 Å². The zero-order chi connectivity index (χ0) is 18.0. The van der Waals surface area contributed by atoms with Crippen LogP contribution in [-0.4, -0.2) is 47.2 Å². The highest BCUT2D eigenvalue weighted by molar-refractivity contribution is 6.21. The predicted molar refractivity (Wildman–Crippen MR) is 94.2 cm³/mol. The summed E-state index contributed by atoms with van der Waals surface area (Å²) in [7, 11) is 0. The van der Waals surface area contributed by atoms with Crippen LogP contribution in [0.4, 0.5) is 5.69 Å². The van der Waals surface area contributed by atoms with Crippen molar-refractivity contribution >= 4 is 23.4 Å². The smallest absolute Gasteiger partial charge is 0.261 e. The summed E-state index contributed by atoms with van der Waals surface area (Å²) in [5.74, 6) is -0.844. The molecule has 0 aromatic heterocycles. The summed E-state index contributed by atoms with van der Waals surface area (Å²) in [4.78, 5) is 40.2. The number of benzene rings is 2. The number of likely N-dealkylation sites (N-methyl/N-ethyl adjacent to an activating group) is 1. The fourth-order valence-electron chi connectivity index (χ4n) is 2.93. The van der Waals surface area contributed by atoms with Gasteiger partial charge < -0.3 is 10.6 Å². The Bertz CT molecular complexity index is 812. The van der Waals surface area contributed by atoms with Gasteiger partial charge in [-0.3, -0.25) is 19.3 Å². The lowest BCUT2D eigenvalue weighted by molar-refractivity contribution is 0.0602. The summed E-state index contributed by atoms with van der Waals surface area (Å²) in [6.45, 7) is 2.71. The van der Waals surface area contributed by atoms with Gasteiger partial charge in [-0.25, -0.2) is 0 Å². The summed E-state index contributed by atoms with van der Waals surface area (Å²) >= 11 is 0. The van der Waals surface area contributed by atoms with E-state index in [0.717, 1.165) is 0 Å². The minimum atomic E-state index is -0.316. The van der Waals surface area contributed by atoms with Crippen LogP contribution in [0.1, 0.15) is 38.0 Å². The third-order valence-corrected chi connectivity index (χ3v) is 4.33. The fraction of sp³-hybridized carbons (Fsp3) is 0.211. The molecule has 0 unspecified atom stereocenters. The average Bonchev–Trinajstić information content (AvgIpc) is 2.87. The predicted octanol–water partition coefficient (Wildman–Crippen LogP) is 2.03. The van der Waals surface area contributed by atoms with Crippen LogP contribution in [0, 0.1) is 0 Å². The number of hydrogen-bond donors (Lipinski definition) is 1. The summed E-state index contributed by atoms with van der Waals surface area (Å²) in [6.07, 6.45) is 0. The Morgan fingerprint density at radius 2 is 1.56 bits per heavy atom. The van der Waals surface area contributed by atoms with Crippen LogP contribution >= 0.6 is 0 Å². The maximum Gasteiger partial charge on any atom is 0.261 e. The van der Waals surface area contributed by atoms with Gasteiger partial charge in [-0.1, -0.05) is 24.3 Å². The lowest BCUT2D eigenvalue weighted by Gasteiger charge is -2.24. The number of fused-ring (bicyclic) bond motifs is 1. The number of amides is 3. The molecule has 0 radical (unpaired) electrons. The molecule has 0 bridgehead atoms. The molecule has 6 nitrogen and oxygen atoms in total. The molecule has 25 heavy (non-hydrogen) atoms. The van der Waals surface area contributed by atoms with Gasteiger partial charge in [0.25, 0.3) is 17.7 Å². The number of para-hydroxylation sites is 1. The summed E-state index contributed by atoms with van der Waals surface area (Å²) in [6, 6.07) is 13.6. The molecule has 1 heterocycles. The van der Waals surface area contributed by atoms with E-state index in [-0.39, 0.29) is 30.8 Å². The Kier molecular flexibility index (Phi) is 4.52. The molecule has 3 amide bonds. The molecule has 3 rings (SSSR count). The normalized spacial score (nSPS) is 13.1. The molecule has 0 saturated heterocycles. The van der Waals surface area contributed by atoms with Gasteiger partial charge in [-0.15, -0.1) is 0 Å². The van der Waals surface area contributed by atoms with Gasteiger partial charge >= 0.3 is 0 Å². The molecule has 6 heteroatoms. The highest BCUT2D eigenvalue weighted by Gasteiger charge is 2.35. The molecule has 0 atom stereocenters. The van der Waals surface area contributed by atoms with Gasteiger partial charge in [0.15, 0.2) is 0 Å². The van der Waals surface area contributed by atoms with Gasteiger partial charge in [0, 0.05) is 25.3 Å². The molecule has 0 fully saturated rings. The van der Waals surface area contributed by atoms with E-state index in [1.807, 2.05) is 6.92 Å². The van der Waals surface area contributed by atoms with Crippen molar-refractivity contribution in [1.29, 1.82) is 0 Å². The second kappa shape index (κ2) is 6.76. The molecule has 2 N–H and O–H groups in total. The van der Waals surface area contributed by atoms with Crippen LogP contribution in [0.2, 0.25) is 0 Å². The van der Waals surface area contributed by atoms with E-state index in [1.54, 1.807) is 53.4 Å². The number of nitrogen functional groups attached to an aromatic ring is 1. The fourth-order valence-corrected chi connectivity index (χ4v) is 2.93. The van der Waals surface area contributed by atoms with Crippen molar-refractivity contribution < 1.29 is 14.4 Å². The Hall–Kier alpha value is -3.15. The largest absolute Gasteiger partial charge is 0.398 e. The molecule has 1 aliphatic rings. The van der Waals surface area contributed by atoms with Crippen LogP contribution in [-0.2, 0) is 0 Å². The number of rotatable bonds is 5. The monoisotopic (exact) mass is 337 g/mol. The highest BCUT2D eigenvalue weighted by Crippen LogP contribution is 2.22. The number of carbonyl (C=O) groups is 3. The second-order valence-electron chi connectivity index (χ2n) is 5.78. The molecule has 1 aliphatic heterocycles. The first kappa shape index (κ1) is 16.7. The summed E-state index contributed by atoms with van der Waals surface area (Å²) in [5, 5.41) is 0. The first-order chi connectivity index (χ1) is 12.0. The highest BCUT2D eigenvalue weighted by atomic mass is 16.2. The number of anilines is 1. The zero-order valence-corrected chi connectivity index (χ0v) is 13.9. The first-order valence-electron chi connectivity index (χ1n) is 8.13. The second-order valence-corrected chi connectivity index (χ2v) is 5.78.